The van der Waals surface area contributed by atoms with Gasteiger partial charge in [-0.25, -0.2) is 0 Å². The van der Waals surface area contributed by atoms with Gasteiger partial charge in [-0.05, 0) is 11.4 Å². The molecule has 5 heteroatoms. The second-order valence-corrected chi connectivity index (χ2v) is 3.18. The second kappa shape index (κ2) is 5.69. The number of carbonyl (C=O) groups is 1. The highest BCUT2D eigenvalue weighted by Crippen LogP contribution is 2.11. The Labute approximate surface area is 80.7 Å². The second-order valence-electron chi connectivity index (χ2n) is 2.40. The van der Waals surface area contributed by atoms with Crippen molar-refractivity contribution < 1.29 is 9.53 Å². The first-order chi connectivity index (χ1) is 6.33. The minimum atomic E-state index is -0.146. The molecule has 72 valence electrons. The van der Waals surface area contributed by atoms with Gasteiger partial charge in [0.05, 0.1) is 12.3 Å². The van der Waals surface area contributed by atoms with Crippen molar-refractivity contribution in [1.82, 2.24) is 0 Å². The molecular formula is C8H12N2O2S. The summed E-state index contributed by atoms with van der Waals surface area (Å²) in [7, 11) is 0. The smallest absolute Gasteiger partial charge is 0.250 e. The molecule has 4 nitrogen and oxygen atoms in total. The summed E-state index contributed by atoms with van der Waals surface area (Å²) in [5.74, 6) is -0.146. The molecule has 0 unspecified atom stereocenters. The van der Waals surface area contributed by atoms with E-state index < -0.39 is 0 Å². The Morgan fingerprint density at radius 2 is 2.54 bits per heavy atom. The predicted octanol–water partition coefficient (Wildman–Crippen LogP) is 0.662. The maximum Gasteiger partial charge on any atom is 0.250 e. The van der Waals surface area contributed by atoms with Crippen LogP contribution in [0, 0.1) is 0 Å². The molecule has 1 rings (SSSR count). The standard InChI is InChI=1S/C8H12N2O2S/c9-2-3-12-5-8(11)10-7-1-4-13-6-7/h1,4,6H,2-3,5,9H2,(H,10,11). The van der Waals surface area contributed by atoms with E-state index in [1.165, 1.54) is 11.3 Å². The van der Waals surface area contributed by atoms with Crippen LogP contribution < -0.4 is 11.1 Å². The molecule has 0 aliphatic rings. The number of nitrogens with one attached hydrogen (secondary N) is 1. The largest absolute Gasteiger partial charge is 0.370 e. The maximum absolute atomic E-state index is 11.1. The van der Waals surface area contributed by atoms with E-state index in [1.807, 2.05) is 16.8 Å². The summed E-state index contributed by atoms with van der Waals surface area (Å²) in [5, 5.41) is 6.45. The monoisotopic (exact) mass is 200 g/mol. The molecule has 3 N–H and O–H groups in total. The van der Waals surface area contributed by atoms with Crippen LogP contribution in [0.2, 0.25) is 0 Å². The van der Waals surface area contributed by atoms with Crippen molar-refractivity contribution in [3.63, 3.8) is 0 Å². The van der Waals surface area contributed by atoms with Crippen LogP contribution in [0.1, 0.15) is 0 Å². The van der Waals surface area contributed by atoms with Crippen molar-refractivity contribution in [2.75, 3.05) is 25.1 Å². The SMILES string of the molecule is NCCOCC(=O)Nc1ccsc1. The molecule has 0 radical (unpaired) electrons. The Balaban J connectivity index is 2.18. The molecule has 1 aromatic rings. The van der Waals surface area contributed by atoms with Gasteiger partial charge < -0.3 is 15.8 Å². The summed E-state index contributed by atoms with van der Waals surface area (Å²) in [4.78, 5) is 11.1. The predicted molar refractivity (Wildman–Crippen MR) is 52.8 cm³/mol. The lowest BCUT2D eigenvalue weighted by Crippen LogP contribution is -2.20. The Kier molecular flexibility index (Phi) is 4.45. The van der Waals surface area contributed by atoms with Crippen molar-refractivity contribution in [2.45, 2.75) is 0 Å². The molecule has 0 atom stereocenters. The third-order valence-electron chi connectivity index (χ3n) is 1.30. The highest BCUT2D eigenvalue weighted by atomic mass is 32.1. The van der Waals surface area contributed by atoms with Gasteiger partial charge in [-0.1, -0.05) is 0 Å². The summed E-state index contributed by atoms with van der Waals surface area (Å²) >= 11 is 1.53. The normalized spacial score (nSPS) is 9.92. The molecule has 0 aliphatic heterocycles. The van der Waals surface area contributed by atoms with Gasteiger partial charge >= 0.3 is 0 Å². The van der Waals surface area contributed by atoms with E-state index in [-0.39, 0.29) is 12.5 Å². The Bertz CT molecular complexity index is 249. The van der Waals surface area contributed by atoms with E-state index in [1.54, 1.807) is 0 Å². The third-order valence-corrected chi connectivity index (χ3v) is 1.98. The molecule has 0 fully saturated rings. The summed E-state index contributed by atoms with van der Waals surface area (Å²) in [6, 6.07) is 1.84. The van der Waals surface area contributed by atoms with Crippen molar-refractivity contribution in [2.24, 2.45) is 5.73 Å². The first-order valence-corrected chi connectivity index (χ1v) is 4.87. The molecule has 0 bridgehead atoms. The van der Waals surface area contributed by atoms with Crippen LogP contribution in [0.5, 0.6) is 0 Å². The van der Waals surface area contributed by atoms with Crippen LogP contribution in [-0.2, 0) is 9.53 Å². The lowest BCUT2D eigenvalue weighted by atomic mass is 10.5. The number of carbonyl (C=O) groups excluding carboxylic acids is 1. The van der Waals surface area contributed by atoms with Gasteiger partial charge in [0.25, 0.3) is 0 Å². The van der Waals surface area contributed by atoms with Crippen molar-refractivity contribution in [3.05, 3.63) is 16.8 Å². The Morgan fingerprint density at radius 3 is 3.15 bits per heavy atom. The van der Waals surface area contributed by atoms with Crippen LogP contribution in [0.25, 0.3) is 0 Å². The fourth-order valence-electron chi connectivity index (χ4n) is 0.781. The third kappa shape index (κ3) is 4.02. The fraction of sp³-hybridized carbons (Fsp3) is 0.375. The molecule has 13 heavy (non-hydrogen) atoms. The highest BCUT2D eigenvalue weighted by molar-refractivity contribution is 7.08. The molecule has 1 amide bonds. The first kappa shape index (κ1) is 10.2. The van der Waals surface area contributed by atoms with Gasteiger partial charge in [0.2, 0.25) is 5.91 Å². The molecular weight excluding hydrogens is 188 g/mol. The Morgan fingerprint density at radius 1 is 1.69 bits per heavy atom. The average molecular weight is 200 g/mol. The average Bonchev–Trinajstić information content (AvgIpc) is 2.57. The fourth-order valence-corrected chi connectivity index (χ4v) is 1.37. The molecule has 0 aromatic carbocycles. The first-order valence-electron chi connectivity index (χ1n) is 3.93. The van der Waals surface area contributed by atoms with E-state index in [4.69, 9.17) is 10.5 Å². The summed E-state index contributed by atoms with van der Waals surface area (Å²) < 4.78 is 4.96. The van der Waals surface area contributed by atoms with Gasteiger partial charge in [0.1, 0.15) is 6.61 Å². The minimum absolute atomic E-state index is 0.0625. The number of rotatable bonds is 5. The zero-order valence-electron chi connectivity index (χ0n) is 7.16. The topological polar surface area (TPSA) is 64.3 Å². The van der Waals surface area contributed by atoms with E-state index in [0.29, 0.717) is 13.2 Å². The van der Waals surface area contributed by atoms with Gasteiger partial charge in [-0.15, -0.1) is 0 Å². The number of ether oxygens (including phenoxy) is 1. The van der Waals surface area contributed by atoms with Crippen LogP contribution in [0.3, 0.4) is 0 Å². The number of hydrogen-bond acceptors (Lipinski definition) is 4. The minimum Gasteiger partial charge on any atom is -0.370 e. The number of nitrogens with two attached hydrogens (primary N) is 1. The highest BCUT2D eigenvalue weighted by Gasteiger charge is 2.01. The van der Waals surface area contributed by atoms with E-state index >= 15 is 0 Å². The van der Waals surface area contributed by atoms with Crippen LogP contribution in [-0.4, -0.2) is 25.7 Å². The van der Waals surface area contributed by atoms with Crippen LogP contribution in [0.15, 0.2) is 16.8 Å². The van der Waals surface area contributed by atoms with Crippen molar-refractivity contribution >= 4 is 22.9 Å². The molecule has 0 saturated heterocycles. The zero-order valence-corrected chi connectivity index (χ0v) is 7.97. The molecule has 0 spiro atoms. The Hall–Kier alpha value is -0.910. The number of anilines is 1. The lowest BCUT2D eigenvalue weighted by Gasteiger charge is -2.02. The maximum atomic E-state index is 11.1. The quantitative estimate of drug-likeness (QED) is 0.686. The van der Waals surface area contributed by atoms with Gasteiger partial charge in [0.15, 0.2) is 0 Å². The summed E-state index contributed by atoms with van der Waals surface area (Å²) in [5.41, 5.74) is 6.01. The number of thiophene rings is 1. The molecule has 0 aliphatic carbocycles. The molecule has 0 saturated carbocycles. The van der Waals surface area contributed by atoms with Gasteiger partial charge in [-0.3, -0.25) is 4.79 Å². The van der Waals surface area contributed by atoms with E-state index in [0.717, 1.165) is 5.69 Å². The van der Waals surface area contributed by atoms with Gasteiger partial charge in [0, 0.05) is 11.9 Å². The lowest BCUT2D eigenvalue weighted by molar-refractivity contribution is -0.120. The zero-order chi connectivity index (χ0) is 9.52. The number of amides is 1. The van der Waals surface area contributed by atoms with Gasteiger partial charge in [-0.2, -0.15) is 11.3 Å². The van der Waals surface area contributed by atoms with E-state index in [9.17, 15) is 4.79 Å². The number of hydrogen-bond donors (Lipinski definition) is 2. The van der Waals surface area contributed by atoms with Crippen LogP contribution >= 0.6 is 11.3 Å². The van der Waals surface area contributed by atoms with Crippen molar-refractivity contribution in [3.8, 4) is 0 Å². The van der Waals surface area contributed by atoms with Crippen molar-refractivity contribution in [1.29, 1.82) is 0 Å². The molecule has 1 aromatic heterocycles. The summed E-state index contributed by atoms with van der Waals surface area (Å²) in [6.45, 7) is 0.913. The van der Waals surface area contributed by atoms with E-state index in [2.05, 4.69) is 5.32 Å². The van der Waals surface area contributed by atoms with Crippen LogP contribution in [0.4, 0.5) is 5.69 Å². The summed E-state index contributed by atoms with van der Waals surface area (Å²) in [6.07, 6.45) is 0. The molecule has 1 heterocycles.